The van der Waals surface area contributed by atoms with Gasteiger partial charge in [-0.1, -0.05) is 12.1 Å². The van der Waals surface area contributed by atoms with Gasteiger partial charge in [-0.05, 0) is 48.6 Å². The molecule has 1 aromatic carbocycles. The van der Waals surface area contributed by atoms with Gasteiger partial charge in [0, 0.05) is 12.1 Å². The van der Waals surface area contributed by atoms with Gasteiger partial charge in [-0.25, -0.2) is 0 Å². The van der Waals surface area contributed by atoms with Gasteiger partial charge in [-0.2, -0.15) is 0 Å². The van der Waals surface area contributed by atoms with E-state index in [1.54, 1.807) is 6.26 Å². The molecule has 0 saturated carbocycles. The van der Waals surface area contributed by atoms with Gasteiger partial charge in [-0.15, -0.1) is 0 Å². The minimum Gasteiger partial charge on any atom is -0.467 e. The summed E-state index contributed by atoms with van der Waals surface area (Å²) >= 11 is 0. The highest BCUT2D eigenvalue weighted by Gasteiger charge is 2.18. The number of carbonyl (C=O) groups is 1. The molecule has 2 aromatic rings. The smallest absolute Gasteiger partial charge is 0.224 e. The topological polar surface area (TPSA) is 68.3 Å². The van der Waals surface area contributed by atoms with Crippen molar-refractivity contribution in [2.45, 2.75) is 32.2 Å². The fraction of sp³-hybridized carbons (Fsp3) is 0.312. The normalized spacial score (nSPS) is 16.2. The van der Waals surface area contributed by atoms with Gasteiger partial charge >= 0.3 is 0 Å². The third-order valence-corrected chi connectivity index (χ3v) is 3.80. The van der Waals surface area contributed by atoms with Crippen LogP contribution < -0.4 is 11.1 Å². The van der Waals surface area contributed by atoms with Gasteiger partial charge < -0.3 is 15.5 Å². The molecule has 1 amide bonds. The van der Waals surface area contributed by atoms with Crippen molar-refractivity contribution < 1.29 is 9.21 Å². The molecular formula is C16H18N2O2. The first kappa shape index (κ1) is 12.9. The van der Waals surface area contributed by atoms with E-state index in [1.807, 2.05) is 25.1 Å². The average molecular weight is 270 g/mol. The Morgan fingerprint density at radius 3 is 2.90 bits per heavy atom. The van der Waals surface area contributed by atoms with Crippen molar-refractivity contribution in [2.24, 2.45) is 5.73 Å². The van der Waals surface area contributed by atoms with Crippen LogP contribution in [0, 0.1) is 6.92 Å². The van der Waals surface area contributed by atoms with Crippen LogP contribution in [0.3, 0.4) is 0 Å². The molecule has 20 heavy (non-hydrogen) atoms. The molecule has 4 heteroatoms. The number of nitrogens with one attached hydrogen (secondary N) is 1. The summed E-state index contributed by atoms with van der Waals surface area (Å²) in [6, 6.07) is 7.62. The number of amides is 1. The Bertz CT molecular complexity index is 646. The minimum absolute atomic E-state index is 0.0858. The van der Waals surface area contributed by atoms with E-state index in [2.05, 4.69) is 11.4 Å². The number of nitrogens with two attached hydrogens (primary N) is 1. The second-order valence-corrected chi connectivity index (χ2v) is 5.26. The van der Waals surface area contributed by atoms with E-state index in [0.29, 0.717) is 6.42 Å². The van der Waals surface area contributed by atoms with Gasteiger partial charge in [0.2, 0.25) is 5.91 Å². The lowest BCUT2D eigenvalue weighted by atomic mass is 9.98. The van der Waals surface area contributed by atoms with Crippen LogP contribution in [-0.2, 0) is 11.2 Å². The van der Waals surface area contributed by atoms with Crippen molar-refractivity contribution in [3.63, 3.8) is 0 Å². The summed E-state index contributed by atoms with van der Waals surface area (Å²) < 4.78 is 5.47. The molecule has 1 aromatic heterocycles. The summed E-state index contributed by atoms with van der Waals surface area (Å²) in [7, 11) is 0. The van der Waals surface area contributed by atoms with Crippen molar-refractivity contribution in [2.75, 3.05) is 5.32 Å². The van der Waals surface area contributed by atoms with Crippen LogP contribution >= 0.6 is 0 Å². The van der Waals surface area contributed by atoms with E-state index in [4.69, 9.17) is 10.2 Å². The Labute approximate surface area is 118 Å². The Morgan fingerprint density at radius 1 is 1.30 bits per heavy atom. The third-order valence-electron chi connectivity index (χ3n) is 3.80. The summed E-state index contributed by atoms with van der Waals surface area (Å²) in [6.07, 6.45) is 4.00. The van der Waals surface area contributed by atoms with Crippen LogP contribution in [0.2, 0.25) is 0 Å². The molecule has 0 saturated heterocycles. The zero-order chi connectivity index (χ0) is 14.1. The third kappa shape index (κ3) is 2.34. The maximum absolute atomic E-state index is 11.5. The highest BCUT2D eigenvalue weighted by molar-refractivity contribution is 5.92. The van der Waals surface area contributed by atoms with Crippen LogP contribution in [0.15, 0.2) is 34.9 Å². The lowest BCUT2D eigenvalue weighted by molar-refractivity contribution is -0.116. The molecule has 0 fully saturated rings. The number of fused-ring (bicyclic) bond motifs is 1. The SMILES string of the molecule is Cc1ccoc1C(N)c1ccc2c(c1)CCCC(=O)N2. The largest absolute Gasteiger partial charge is 0.467 e. The molecule has 0 spiro atoms. The summed E-state index contributed by atoms with van der Waals surface area (Å²) in [6.45, 7) is 1.99. The molecule has 1 atom stereocenters. The first-order chi connectivity index (χ1) is 9.65. The van der Waals surface area contributed by atoms with Crippen molar-refractivity contribution in [1.29, 1.82) is 0 Å². The standard InChI is InChI=1S/C16H18N2O2/c1-10-7-8-20-16(10)15(17)12-5-6-13-11(9-12)3-2-4-14(19)18-13/h5-9,15H,2-4,17H2,1H3,(H,18,19). The number of carbonyl (C=O) groups excluding carboxylic acids is 1. The molecule has 0 aliphatic carbocycles. The number of anilines is 1. The van der Waals surface area contributed by atoms with Crippen molar-refractivity contribution in [3.8, 4) is 0 Å². The predicted octanol–water partition coefficient (Wildman–Crippen LogP) is 2.91. The Morgan fingerprint density at radius 2 is 2.15 bits per heavy atom. The number of furan rings is 1. The van der Waals surface area contributed by atoms with Crippen LogP contribution in [0.4, 0.5) is 5.69 Å². The fourth-order valence-electron chi connectivity index (χ4n) is 2.64. The lowest BCUT2D eigenvalue weighted by Crippen LogP contribution is -2.13. The van der Waals surface area contributed by atoms with E-state index in [0.717, 1.165) is 41.0 Å². The number of aryl methyl sites for hydroxylation is 2. The van der Waals surface area contributed by atoms with E-state index < -0.39 is 0 Å². The molecule has 0 bridgehead atoms. The van der Waals surface area contributed by atoms with E-state index in [1.165, 1.54) is 0 Å². The van der Waals surface area contributed by atoms with Crippen molar-refractivity contribution in [1.82, 2.24) is 0 Å². The fourth-order valence-corrected chi connectivity index (χ4v) is 2.64. The van der Waals surface area contributed by atoms with Crippen molar-refractivity contribution in [3.05, 3.63) is 53.0 Å². The summed E-state index contributed by atoms with van der Waals surface area (Å²) in [4.78, 5) is 11.5. The minimum atomic E-state index is -0.269. The summed E-state index contributed by atoms with van der Waals surface area (Å²) in [5.74, 6) is 0.880. The quantitative estimate of drug-likeness (QED) is 0.881. The number of benzene rings is 1. The number of rotatable bonds is 2. The van der Waals surface area contributed by atoms with Gasteiger partial charge in [0.05, 0.1) is 12.3 Å². The molecule has 2 heterocycles. The molecule has 1 unspecified atom stereocenters. The molecular weight excluding hydrogens is 252 g/mol. The van der Waals surface area contributed by atoms with Gasteiger partial charge in [0.25, 0.3) is 0 Å². The maximum atomic E-state index is 11.5. The van der Waals surface area contributed by atoms with E-state index in [-0.39, 0.29) is 11.9 Å². The van der Waals surface area contributed by atoms with Gasteiger partial charge in [-0.3, -0.25) is 4.79 Å². The average Bonchev–Trinajstić information content (AvgIpc) is 2.76. The van der Waals surface area contributed by atoms with Crippen LogP contribution in [0.1, 0.15) is 41.3 Å². The zero-order valence-corrected chi connectivity index (χ0v) is 11.5. The maximum Gasteiger partial charge on any atom is 0.224 e. The molecule has 4 nitrogen and oxygen atoms in total. The first-order valence-electron chi connectivity index (χ1n) is 6.87. The monoisotopic (exact) mass is 270 g/mol. The highest BCUT2D eigenvalue weighted by Crippen LogP contribution is 2.29. The second kappa shape index (κ2) is 5.13. The number of hydrogen-bond donors (Lipinski definition) is 2. The second-order valence-electron chi connectivity index (χ2n) is 5.26. The lowest BCUT2D eigenvalue weighted by Gasteiger charge is -2.14. The molecule has 0 radical (unpaired) electrons. The molecule has 3 N–H and O–H groups in total. The highest BCUT2D eigenvalue weighted by atomic mass is 16.3. The summed E-state index contributed by atoms with van der Waals surface area (Å²) in [5.41, 5.74) is 10.4. The van der Waals surface area contributed by atoms with Crippen LogP contribution in [0.25, 0.3) is 0 Å². The van der Waals surface area contributed by atoms with E-state index >= 15 is 0 Å². The van der Waals surface area contributed by atoms with Crippen LogP contribution in [-0.4, -0.2) is 5.91 Å². The Kier molecular flexibility index (Phi) is 3.32. The summed E-state index contributed by atoms with van der Waals surface area (Å²) in [5, 5.41) is 2.93. The zero-order valence-electron chi connectivity index (χ0n) is 11.5. The predicted molar refractivity (Wildman–Crippen MR) is 77.5 cm³/mol. The molecule has 1 aliphatic rings. The molecule has 1 aliphatic heterocycles. The first-order valence-corrected chi connectivity index (χ1v) is 6.87. The molecule has 104 valence electrons. The Balaban J connectivity index is 1.94. The molecule has 3 rings (SSSR count). The van der Waals surface area contributed by atoms with E-state index in [9.17, 15) is 4.79 Å². The van der Waals surface area contributed by atoms with Gasteiger partial charge in [0.1, 0.15) is 5.76 Å². The van der Waals surface area contributed by atoms with Crippen molar-refractivity contribution >= 4 is 11.6 Å². The number of hydrogen-bond acceptors (Lipinski definition) is 3. The van der Waals surface area contributed by atoms with Crippen LogP contribution in [0.5, 0.6) is 0 Å². The Hall–Kier alpha value is -2.07. The van der Waals surface area contributed by atoms with Gasteiger partial charge in [0.15, 0.2) is 0 Å².